The van der Waals surface area contributed by atoms with Gasteiger partial charge in [-0.15, -0.1) is 0 Å². The van der Waals surface area contributed by atoms with E-state index in [-0.39, 0.29) is 0 Å². The third-order valence-corrected chi connectivity index (χ3v) is 1.57. The highest BCUT2D eigenvalue weighted by molar-refractivity contribution is 7.46. The van der Waals surface area contributed by atoms with Gasteiger partial charge >= 0.3 is 24.3 Å². The Bertz CT molecular complexity index is 178. The van der Waals surface area contributed by atoms with E-state index in [4.69, 9.17) is 29.0 Å². The van der Waals surface area contributed by atoms with Crippen LogP contribution in [0.5, 0.6) is 0 Å². The third-order valence-electron chi connectivity index (χ3n) is 0.175. The van der Waals surface area contributed by atoms with Gasteiger partial charge in [-0.05, 0) is 0 Å². The first kappa shape index (κ1) is 14.9. The molecule has 0 aliphatic heterocycles. The highest BCUT2D eigenvalue weighted by atomic mass is 31.2. The Kier molecular flexibility index (Phi) is 8.61. The maximum Gasteiger partial charge on any atom is 0.466 e. The monoisotopic (exact) mass is 244 g/mol. The zero-order valence-corrected chi connectivity index (χ0v) is 8.21. The molecule has 0 aromatic carbocycles. The molecule has 76 valence electrons. The van der Waals surface area contributed by atoms with Crippen molar-refractivity contribution in [1.29, 1.82) is 0 Å². The molecule has 0 saturated heterocycles. The molecule has 0 radical (unpaired) electrons. The van der Waals surface area contributed by atoms with Crippen LogP contribution in [0.2, 0.25) is 0 Å². The van der Waals surface area contributed by atoms with Gasteiger partial charge in [0.2, 0.25) is 0 Å². The van der Waals surface area contributed by atoms with Crippen LogP contribution in [0.4, 0.5) is 0 Å². The topological polar surface area (TPSA) is 162 Å². The predicted molar refractivity (Wildman–Crippen MR) is 37.8 cm³/mol. The Hall–Kier alpha value is 0.450. The summed E-state index contributed by atoms with van der Waals surface area (Å²) >= 11 is 0. The van der Waals surface area contributed by atoms with Gasteiger partial charge in [-0.3, -0.25) is 9.13 Å². The van der Waals surface area contributed by atoms with Crippen molar-refractivity contribution in [3.8, 4) is 0 Å². The van der Waals surface area contributed by atoms with Gasteiger partial charge in [-0.1, -0.05) is 0 Å². The first-order chi connectivity index (χ1) is 5.13. The maximum absolute atomic E-state index is 9.44. The van der Waals surface area contributed by atoms with Crippen LogP contribution in [0.15, 0.2) is 0 Å². The van der Waals surface area contributed by atoms with E-state index in [0.717, 1.165) is 0 Å². The molecule has 5 N–H and O–H groups in total. The minimum atomic E-state index is -4.64. The fourth-order valence-electron chi connectivity index (χ4n) is 0.0747. The Morgan fingerprint density at radius 1 is 1.00 bits per heavy atom. The second-order valence-corrected chi connectivity index (χ2v) is 4.05. The van der Waals surface area contributed by atoms with Crippen LogP contribution in [0.1, 0.15) is 0 Å². The summed E-state index contributed by atoms with van der Waals surface area (Å²) in [5.74, 6) is 0. The summed E-state index contributed by atoms with van der Waals surface area (Å²) in [4.78, 5) is 37.0. The molecule has 0 rings (SSSR count). The molecule has 0 aromatic heterocycles. The zero-order valence-electron chi connectivity index (χ0n) is 5.32. The summed E-state index contributed by atoms with van der Waals surface area (Å²) in [6.07, 6.45) is 0. The molecule has 0 aromatic rings. The highest BCUT2D eigenvalue weighted by Crippen LogP contribution is 2.30. The smallest absolute Gasteiger partial charge is 0.326 e. The van der Waals surface area contributed by atoms with Crippen molar-refractivity contribution in [2.75, 3.05) is 0 Å². The van der Waals surface area contributed by atoms with Crippen molar-refractivity contribution in [2.45, 2.75) is 0 Å². The fraction of sp³-hybridized carbons (Fsp3) is 0. The first-order valence-electron chi connectivity index (χ1n) is 2.05. The van der Waals surface area contributed by atoms with E-state index < -0.39 is 24.3 Å². The summed E-state index contributed by atoms with van der Waals surface area (Å²) < 4.78 is 31.2. The molecule has 9 nitrogen and oxygen atoms in total. The standard InChI is InChI=1S/H4O5P2.H3O4P/c1-6(2)5-7(3)4;1-5(2,3)4/h6-7H,(H,1,2)(H,3,4);(H3,1,2,3,4). The summed E-state index contributed by atoms with van der Waals surface area (Å²) in [5, 5.41) is 0. The van der Waals surface area contributed by atoms with Crippen LogP contribution < -0.4 is 0 Å². The lowest BCUT2D eigenvalue weighted by molar-refractivity contribution is 0.275. The van der Waals surface area contributed by atoms with Gasteiger partial charge in [0.25, 0.3) is 0 Å². The van der Waals surface area contributed by atoms with Crippen molar-refractivity contribution in [3.05, 3.63) is 0 Å². The number of phosphoric acid groups is 1. The van der Waals surface area contributed by atoms with Crippen molar-refractivity contribution < 1.29 is 42.5 Å². The Morgan fingerprint density at radius 2 is 1.17 bits per heavy atom. The van der Waals surface area contributed by atoms with E-state index in [0.29, 0.717) is 0 Å². The second-order valence-electron chi connectivity index (χ2n) is 1.15. The molecular formula is H7O9P3. The summed E-state index contributed by atoms with van der Waals surface area (Å²) in [5.41, 5.74) is 0. The minimum Gasteiger partial charge on any atom is -0.326 e. The summed E-state index contributed by atoms with van der Waals surface area (Å²) in [7, 11) is -11.0. The average molecular weight is 244 g/mol. The van der Waals surface area contributed by atoms with Gasteiger partial charge < -0.3 is 24.5 Å². The molecule has 0 aliphatic rings. The Balaban J connectivity index is 0. The third kappa shape index (κ3) is 47.1. The van der Waals surface area contributed by atoms with E-state index in [1.807, 2.05) is 0 Å². The van der Waals surface area contributed by atoms with Crippen LogP contribution in [-0.2, 0) is 18.0 Å². The van der Waals surface area contributed by atoms with Gasteiger partial charge in [-0.2, -0.15) is 0 Å². The van der Waals surface area contributed by atoms with E-state index in [2.05, 4.69) is 4.31 Å². The lowest BCUT2D eigenvalue weighted by Gasteiger charge is -1.86. The van der Waals surface area contributed by atoms with Gasteiger partial charge in [0, 0.05) is 0 Å². The quantitative estimate of drug-likeness (QED) is 0.377. The van der Waals surface area contributed by atoms with Crippen LogP contribution in [-0.4, -0.2) is 24.5 Å². The van der Waals surface area contributed by atoms with Crippen molar-refractivity contribution >= 4 is 24.3 Å². The molecule has 0 saturated carbocycles. The average Bonchev–Trinajstić information content (AvgIpc) is 1.52. The molecule has 12 heteroatoms. The van der Waals surface area contributed by atoms with Gasteiger partial charge in [0.05, 0.1) is 0 Å². The molecule has 2 unspecified atom stereocenters. The van der Waals surface area contributed by atoms with Gasteiger partial charge in [0.15, 0.2) is 0 Å². The largest absolute Gasteiger partial charge is 0.466 e. The number of hydrogen-bond acceptors (Lipinski definition) is 4. The molecular weight excluding hydrogens is 237 g/mol. The number of hydrogen-bond donors (Lipinski definition) is 5. The van der Waals surface area contributed by atoms with Crippen LogP contribution in [0, 0.1) is 0 Å². The molecule has 0 amide bonds. The Morgan fingerprint density at radius 3 is 1.17 bits per heavy atom. The lowest BCUT2D eigenvalue weighted by atomic mass is 15.8. The van der Waals surface area contributed by atoms with E-state index in [1.165, 1.54) is 0 Å². The van der Waals surface area contributed by atoms with E-state index >= 15 is 0 Å². The second kappa shape index (κ2) is 6.91. The predicted octanol–water partition coefficient (Wildman–Crippen LogP) is -1.16. The maximum atomic E-state index is 9.44. The zero-order chi connectivity index (χ0) is 10.4. The van der Waals surface area contributed by atoms with Crippen LogP contribution >= 0.6 is 24.3 Å². The molecule has 12 heavy (non-hydrogen) atoms. The van der Waals surface area contributed by atoms with Crippen LogP contribution in [0.3, 0.4) is 0 Å². The minimum absolute atomic E-state index is 3.20. The van der Waals surface area contributed by atoms with Crippen molar-refractivity contribution in [3.63, 3.8) is 0 Å². The molecule has 0 fully saturated rings. The first-order valence-corrected chi connectivity index (χ1v) is 6.14. The molecule has 0 aliphatic carbocycles. The van der Waals surface area contributed by atoms with Gasteiger partial charge in [0.1, 0.15) is 0 Å². The van der Waals surface area contributed by atoms with E-state index in [9.17, 15) is 9.13 Å². The SMILES string of the molecule is O=P(O)(O)O.O=[PH](O)O[PH](=O)O. The molecule has 0 spiro atoms. The normalized spacial score (nSPS) is 15.8. The van der Waals surface area contributed by atoms with Gasteiger partial charge in [-0.25, -0.2) is 8.88 Å². The van der Waals surface area contributed by atoms with E-state index in [1.54, 1.807) is 0 Å². The molecule has 2 atom stereocenters. The molecule has 0 heterocycles. The van der Waals surface area contributed by atoms with Crippen molar-refractivity contribution in [2.24, 2.45) is 0 Å². The summed E-state index contributed by atoms with van der Waals surface area (Å²) in [6.45, 7) is 0. The Labute approximate surface area is 67.8 Å². The molecule has 0 bridgehead atoms. The summed E-state index contributed by atoms with van der Waals surface area (Å²) in [6, 6.07) is 0. The highest BCUT2D eigenvalue weighted by Gasteiger charge is 2.00. The number of rotatable bonds is 2. The van der Waals surface area contributed by atoms with Crippen molar-refractivity contribution in [1.82, 2.24) is 0 Å². The lowest BCUT2D eigenvalue weighted by Crippen LogP contribution is -1.66. The van der Waals surface area contributed by atoms with Crippen LogP contribution in [0.25, 0.3) is 0 Å². The fourth-order valence-corrected chi connectivity index (χ4v) is 0.672.